The number of carbonyl (C=O) groups is 2. The summed E-state index contributed by atoms with van der Waals surface area (Å²) in [5, 5.41) is 6.28. The molecular weight excluding hydrogens is 202 g/mol. The zero-order valence-corrected chi connectivity index (χ0v) is 9.01. The second-order valence-electron chi connectivity index (χ2n) is 2.99. The lowest BCUT2D eigenvalue weighted by molar-refractivity contribution is -0.118. The molecule has 0 spiro atoms. The van der Waals surface area contributed by atoms with Crippen molar-refractivity contribution < 1.29 is 9.59 Å². The molecule has 0 fully saturated rings. The van der Waals surface area contributed by atoms with Gasteiger partial charge in [-0.15, -0.1) is 5.10 Å². The monoisotopic (exact) mass is 213 g/mol. The molecule has 5 nitrogen and oxygen atoms in total. The van der Waals surface area contributed by atoms with Crippen LogP contribution in [0.15, 0.2) is 0 Å². The molecule has 0 aliphatic heterocycles. The maximum atomic E-state index is 11.5. The van der Waals surface area contributed by atoms with E-state index in [2.05, 4.69) is 14.9 Å². The molecule has 1 amide bonds. The number of Topliss-reactive ketones (excluding diaryl/α,β-unsaturated/α-hetero) is 1. The molecule has 1 rings (SSSR count). The highest BCUT2D eigenvalue weighted by Crippen LogP contribution is 2.08. The number of hydrogen-bond acceptors (Lipinski definition) is 5. The summed E-state index contributed by atoms with van der Waals surface area (Å²) in [5.74, 6) is -0.367. The van der Waals surface area contributed by atoms with E-state index in [1.165, 1.54) is 6.92 Å². The number of carbonyl (C=O) groups excluding carboxylic acids is 2. The Morgan fingerprint density at radius 2 is 2.14 bits per heavy atom. The summed E-state index contributed by atoms with van der Waals surface area (Å²) in [6, 6.07) is -0.469. The lowest BCUT2D eigenvalue weighted by Crippen LogP contribution is -2.37. The van der Waals surface area contributed by atoms with Gasteiger partial charge in [0, 0.05) is 0 Å². The topological polar surface area (TPSA) is 72.0 Å². The van der Waals surface area contributed by atoms with Crippen molar-refractivity contribution in [3.63, 3.8) is 0 Å². The summed E-state index contributed by atoms with van der Waals surface area (Å²) in [6.07, 6.45) is 0. The summed E-state index contributed by atoms with van der Waals surface area (Å²) in [6.45, 7) is 4.78. The van der Waals surface area contributed by atoms with Crippen molar-refractivity contribution in [1.82, 2.24) is 14.9 Å². The molecule has 1 aromatic heterocycles. The van der Waals surface area contributed by atoms with Gasteiger partial charge in [-0.1, -0.05) is 4.49 Å². The first-order valence-electron chi connectivity index (χ1n) is 4.12. The Hall–Kier alpha value is -1.30. The number of nitrogens with zero attached hydrogens (tertiary/aromatic N) is 2. The molecule has 0 aliphatic carbocycles. The highest BCUT2D eigenvalue weighted by atomic mass is 32.1. The number of aromatic nitrogens is 2. The molecule has 0 bridgehead atoms. The third-order valence-electron chi connectivity index (χ3n) is 1.82. The summed E-state index contributed by atoms with van der Waals surface area (Å²) in [5.41, 5.74) is 0.586. The highest BCUT2D eigenvalue weighted by Gasteiger charge is 2.16. The fraction of sp³-hybridized carbons (Fsp3) is 0.500. The standard InChI is InChI=1S/C8H11N3O2S/c1-4(6(3)12)9-8(13)7-5(2)10-11-14-7/h4H,1-3H3,(H,9,13). The van der Waals surface area contributed by atoms with Gasteiger partial charge in [0.25, 0.3) is 5.91 Å². The van der Waals surface area contributed by atoms with Crippen molar-refractivity contribution in [3.8, 4) is 0 Å². The van der Waals surface area contributed by atoms with Gasteiger partial charge in [-0.05, 0) is 32.3 Å². The first kappa shape index (κ1) is 10.8. The van der Waals surface area contributed by atoms with Gasteiger partial charge in [-0.3, -0.25) is 9.59 Å². The summed E-state index contributed by atoms with van der Waals surface area (Å²) >= 11 is 1.03. The van der Waals surface area contributed by atoms with Crippen molar-refractivity contribution in [1.29, 1.82) is 0 Å². The number of hydrogen-bond donors (Lipinski definition) is 1. The smallest absolute Gasteiger partial charge is 0.265 e. The van der Waals surface area contributed by atoms with Crippen LogP contribution in [0.2, 0.25) is 0 Å². The van der Waals surface area contributed by atoms with Crippen LogP contribution >= 0.6 is 11.5 Å². The number of ketones is 1. The minimum absolute atomic E-state index is 0.0755. The SMILES string of the molecule is CC(=O)C(C)NC(=O)c1snnc1C. The quantitative estimate of drug-likeness (QED) is 0.796. The molecule has 0 saturated carbocycles. The van der Waals surface area contributed by atoms with Crippen molar-refractivity contribution in [3.05, 3.63) is 10.6 Å². The Bertz CT molecular complexity index is 361. The molecule has 1 aromatic rings. The van der Waals surface area contributed by atoms with Crippen LogP contribution in [-0.2, 0) is 4.79 Å². The number of aryl methyl sites for hydroxylation is 1. The summed E-state index contributed by atoms with van der Waals surface area (Å²) in [4.78, 5) is 22.9. The van der Waals surface area contributed by atoms with Crippen LogP contribution < -0.4 is 5.32 Å². The third kappa shape index (κ3) is 2.35. The second kappa shape index (κ2) is 4.28. The van der Waals surface area contributed by atoms with E-state index < -0.39 is 6.04 Å². The molecule has 0 radical (unpaired) electrons. The predicted octanol–water partition coefficient (Wildman–Crippen LogP) is 0.554. The van der Waals surface area contributed by atoms with Gasteiger partial charge >= 0.3 is 0 Å². The maximum absolute atomic E-state index is 11.5. The Labute approximate surface area is 85.7 Å². The molecule has 1 unspecified atom stereocenters. The minimum Gasteiger partial charge on any atom is -0.342 e. The average Bonchev–Trinajstić information content (AvgIpc) is 2.51. The highest BCUT2D eigenvalue weighted by molar-refractivity contribution is 7.08. The van der Waals surface area contributed by atoms with Crippen LogP contribution in [0.5, 0.6) is 0 Å². The number of amides is 1. The first-order valence-corrected chi connectivity index (χ1v) is 4.90. The predicted molar refractivity (Wildman–Crippen MR) is 52.3 cm³/mol. The number of nitrogens with one attached hydrogen (secondary N) is 1. The molecule has 1 N–H and O–H groups in total. The summed E-state index contributed by atoms with van der Waals surface area (Å²) < 4.78 is 3.64. The zero-order chi connectivity index (χ0) is 10.7. The van der Waals surface area contributed by atoms with E-state index >= 15 is 0 Å². The molecule has 0 aromatic carbocycles. The minimum atomic E-state index is -0.469. The fourth-order valence-corrected chi connectivity index (χ4v) is 1.36. The summed E-state index contributed by atoms with van der Waals surface area (Å²) in [7, 11) is 0. The van der Waals surface area contributed by atoms with Crippen LogP contribution in [0.3, 0.4) is 0 Å². The molecule has 6 heteroatoms. The molecule has 0 saturated heterocycles. The molecule has 0 aliphatic rings. The van der Waals surface area contributed by atoms with Crippen LogP contribution in [-0.4, -0.2) is 27.3 Å². The average molecular weight is 213 g/mol. The Balaban J connectivity index is 2.69. The molecule has 1 heterocycles. The van der Waals surface area contributed by atoms with E-state index in [9.17, 15) is 9.59 Å². The zero-order valence-electron chi connectivity index (χ0n) is 8.20. The van der Waals surface area contributed by atoms with E-state index in [4.69, 9.17) is 0 Å². The second-order valence-corrected chi connectivity index (χ2v) is 3.75. The van der Waals surface area contributed by atoms with Gasteiger partial charge in [0.2, 0.25) is 0 Å². The van der Waals surface area contributed by atoms with Gasteiger partial charge in [0.1, 0.15) is 4.88 Å². The van der Waals surface area contributed by atoms with Crippen LogP contribution in [0, 0.1) is 6.92 Å². The van der Waals surface area contributed by atoms with E-state index in [0.29, 0.717) is 10.6 Å². The Morgan fingerprint density at radius 1 is 1.50 bits per heavy atom. The van der Waals surface area contributed by atoms with Gasteiger partial charge < -0.3 is 5.32 Å². The Kier molecular flexibility index (Phi) is 3.29. The third-order valence-corrected chi connectivity index (χ3v) is 2.64. The molecule has 14 heavy (non-hydrogen) atoms. The van der Waals surface area contributed by atoms with E-state index in [1.54, 1.807) is 13.8 Å². The van der Waals surface area contributed by atoms with Crippen LogP contribution in [0.4, 0.5) is 0 Å². The van der Waals surface area contributed by atoms with Crippen LogP contribution in [0.1, 0.15) is 29.2 Å². The van der Waals surface area contributed by atoms with Gasteiger partial charge in [-0.2, -0.15) is 0 Å². The normalized spacial score (nSPS) is 12.2. The first-order chi connectivity index (χ1) is 6.52. The van der Waals surface area contributed by atoms with Crippen molar-refractivity contribution >= 4 is 23.2 Å². The van der Waals surface area contributed by atoms with Crippen LogP contribution in [0.25, 0.3) is 0 Å². The lowest BCUT2D eigenvalue weighted by Gasteiger charge is -2.08. The maximum Gasteiger partial charge on any atom is 0.265 e. The Morgan fingerprint density at radius 3 is 2.57 bits per heavy atom. The largest absolute Gasteiger partial charge is 0.342 e. The van der Waals surface area contributed by atoms with Crippen molar-refractivity contribution in [2.24, 2.45) is 0 Å². The van der Waals surface area contributed by atoms with Crippen molar-refractivity contribution in [2.75, 3.05) is 0 Å². The van der Waals surface area contributed by atoms with E-state index in [0.717, 1.165) is 11.5 Å². The molecule has 76 valence electrons. The fourth-order valence-electron chi connectivity index (χ4n) is 0.804. The van der Waals surface area contributed by atoms with Gasteiger partial charge in [-0.25, -0.2) is 0 Å². The molecular formula is C8H11N3O2S. The molecule has 1 atom stereocenters. The number of rotatable bonds is 3. The van der Waals surface area contributed by atoms with Gasteiger partial charge in [0.15, 0.2) is 5.78 Å². The van der Waals surface area contributed by atoms with Crippen molar-refractivity contribution in [2.45, 2.75) is 26.8 Å². The van der Waals surface area contributed by atoms with E-state index in [1.807, 2.05) is 0 Å². The lowest BCUT2D eigenvalue weighted by atomic mass is 10.2. The van der Waals surface area contributed by atoms with E-state index in [-0.39, 0.29) is 11.7 Å². The van der Waals surface area contributed by atoms with Gasteiger partial charge in [0.05, 0.1) is 11.7 Å².